The van der Waals surface area contributed by atoms with Crippen molar-refractivity contribution in [1.29, 1.82) is 0 Å². The maximum absolute atomic E-state index is 5.92. The molecule has 0 bridgehead atoms. The number of ether oxygens (including phenoxy) is 1. The molecule has 2 aromatic heterocycles. The molecule has 1 aliphatic heterocycles. The van der Waals surface area contributed by atoms with Crippen LogP contribution >= 0.6 is 11.3 Å². The molecule has 7 heteroatoms. The zero-order chi connectivity index (χ0) is 16.1. The van der Waals surface area contributed by atoms with E-state index in [9.17, 15) is 0 Å². The molecule has 6 nitrogen and oxygen atoms in total. The molecule has 3 heterocycles. The third-order valence-corrected chi connectivity index (χ3v) is 4.98. The molecule has 1 saturated heterocycles. The third-order valence-electron chi connectivity index (χ3n) is 3.94. The molecule has 0 aliphatic carbocycles. The molecule has 23 heavy (non-hydrogen) atoms. The Bertz CT molecular complexity index is 606. The van der Waals surface area contributed by atoms with Crippen LogP contribution in [-0.4, -0.2) is 59.5 Å². The second-order valence-electron chi connectivity index (χ2n) is 5.78. The van der Waals surface area contributed by atoms with Gasteiger partial charge >= 0.3 is 0 Å². The van der Waals surface area contributed by atoms with E-state index in [-0.39, 0.29) is 6.10 Å². The fraction of sp³-hybridized carbons (Fsp3) is 0.562. The highest BCUT2D eigenvalue weighted by Gasteiger charge is 2.22. The lowest BCUT2D eigenvalue weighted by Gasteiger charge is -2.34. The number of aryl methyl sites for hydroxylation is 1. The van der Waals surface area contributed by atoms with Gasteiger partial charge in [0.15, 0.2) is 5.82 Å². The number of hydrogen-bond acceptors (Lipinski definition) is 7. The number of likely N-dealkylation sites (N-methyl/N-ethyl adjacent to an activating group) is 1. The van der Waals surface area contributed by atoms with Crippen molar-refractivity contribution in [2.24, 2.45) is 0 Å². The Morgan fingerprint density at radius 2 is 2.39 bits per heavy atom. The van der Waals surface area contributed by atoms with Crippen LogP contribution in [0.2, 0.25) is 0 Å². The summed E-state index contributed by atoms with van der Waals surface area (Å²) in [5.41, 5.74) is 1.18. The predicted molar refractivity (Wildman–Crippen MR) is 91.8 cm³/mol. The van der Waals surface area contributed by atoms with Crippen LogP contribution in [0.25, 0.3) is 0 Å². The van der Waals surface area contributed by atoms with Gasteiger partial charge in [0, 0.05) is 44.8 Å². The van der Waals surface area contributed by atoms with E-state index in [1.54, 1.807) is 17.5 Å². The highest BCUT2D eigenvalue weighted by Crippen LogP contribution is 2.16. The van der Waals surface area contributed by atoms with Gasteiger partial charge in [-0.05, 0) is 18.6 Å². The summed E-state index contributed by atoms with van der Waals surface area (Å²) in [6.07, 6.45) is 2.88. The van der Waals surface area contributed by atoms with Gasteiger partial charge in [0.2, 0.25) is 0 Å². The lowest BCUT2D eigenvalue weighted by molar-refractivity contribution is -0.0268. The number of thiazole rings is 1. The Morgan fingerprint density at radius 1 is 1.48 bits per heavy atom. The Labute approximate surface area is 141 Å². The van der Waals surface area contributed by atoms with Crippen molar-refractivity contribution in [3.63, 3.8) is 0 Å². The molecular formula is C16H23N5OS. The minimum atomic E-state index is 0.181. The van der Waals surface area contributed by atoms with Crippen molar-refractivity contribution in [2.75, 3.05) is 38.2 Å². The van der Waals surface area contributed by atoms with Crippen LogP contribution in [0, 0.1) is 0 Å². The van der Waals surface area contributed by atoms with Crippen LogP contribution in [0.1, 0.15) is 17.6 Å². The van der Waals surface area contributed by atoms with Gasteiger partial charge in [-0.25, -0.2) is 4.98 Å². The molecule has 2 aromatic rings. The molecule has 0 saturated carbocycles. The molecule has 0 N–H and O–H groups in total. The van der Waals surface area contributed by atoms with E-state index in [0.717, 1.165) is 45.0 Å². The van der Waals surface area contributed by atoms with Crippen LogP contribution < -0.4 is 4.90 Å². The maximum Gasteiger partial charge on any atom is 0.151 e. The number of rotatable bonds is 6. The van der Waals surface area contributed by atoms with E-state index in [1.807, 2.05) is 19.2 Å². The summed E-state index contributed by atoms with van der Waals surface area (Å²) in [7, 11) is 2.03. The summed E-state index contributed by atoms with van der Waals surface area (Å²) < 4.78 is 5.92. The molecule has 1 fully saturated rings. The van der Waals surface area contributed by atoms with Gasteiger partial charge in [0.1, 0.15) is 0 Å². The van der Waals surface area contributed by atoms with E-state index in [1.165, 1.54) is 10.7 Å². The molecular weight excluding hydrogens is 310 g/mol. The van der Waals surface area contributed by atoms with Gasteiger partial charge in [-0.15, -0.1) is 16.4 Å². The monoisotopic (exact) mass is 333 g/mol. The molecule has 0 amide bonds. The van der Waals surface area contributed by atoms with E-state index in [2.05, 4.69) is 37.3 Å². The van der Waals surface area contributed by atoms with E-state index < -0.39 is 0 Å². The first-order chi connectivity index (χ1) is 11.2. The van der Waals surface area contributed by atoms with E-state index in [0.29, 0.717) is 0 Å². The van der Waals surface area contributed by atoms with Crippen LogP contribution in [-0.2, 0) is 17.7 Å². The Kier molecular flexibility index (Phi) is 5.53. The quantitative estimate of drug-likeness (QED) is 0.804. The van der Waals surface area contributed by atoms with Crippen LogP contribution in [0.15, 0.2) is 23.7 Å². The lowest BCUT2D eigenvalue weighted by Crippen LogP contribution is -2.46. The fourth-order valence-corrected chi connectivity index (χ4v) is 3.48. The molecule has 0 radical (unpaired) electrons. The van der Waals surface area contributed by atoms with Crippen molar-refractivity contribution < 1.29 is 4.74 Å². The Balaban J connectivity index is 1.53. The van der Waals surface area contributed by atoms with Crippen molar-refractivity contribution in [3.05, 3.63) is 34.4 Å². The largest absolute Gasteiger partial charge is 0.374 e. The van der Waals surface area contributed by atoms with Gasteiger partial charge in [-0.3, -0.25) is 4.90 Å². The number of nitrogens with zero attached hydrogens (tertiary/aromatic N) is 5. The fourth-order valence-electron chi connectivity index (χ4n) is 2.74. The van der Waals surface area contributed by atoms with Gasteiger partial charge in [0.25, 0.3) is 0 Å². The van der Waals surface area contributed by atoms with Gasteiger partial charge in [-0.2, -0.15) is 5.10 Å². The second kappa shape index (κ2) is 7.81. The van der Waals surface area contributed by atoms with Crippen LogP contribution in [0.4, 0.5) is 5.82 Å². The highest BCUT2D eigenvalue weighted by molar-refractivity contribution is 7.09. The molecule has 0 aromatic carbocycles. The molecule has 1 aliphatic rings. The highest BCUT2D eigenvalue weighted by atomic mass is 32.1. The van der Waals surface area contributed by atoms with E-state index >= 15 is 0 Å². The standard InChI is InChI=1S/C16H23N5OS/c1-3-16-18-13(12-23-16)9-21-7-8-22-14(11-21)10-20(2)15-5-4-6-17-19-15/h4-6,12,14H,3,7-11H2,1-2H3/t14-/m0/s1. The first kappa shape index (κ1) is 16.3. The van der Waals surface area contributed by atoms with Crippen molar-refractivity contribution in [2.45, 2.75) is 26.0 Å². The third kappa shape index (κ3) is 4.46. The second-order valence-corrected chi connectivity index (χ2v) is 6.72. The summed E-state index contributed by atoms with van der Waals surface area (Å²) in [5, 5.41) is 11.5. The normalized spacial score (nSPS) is 19.0. The Morgan fingerprint density at radius 3 is 3.13 bits per heavy atom. The van der Waals surface area contributed by atoms with Crippen LogP contribution in [0.3, 0.4) is 0 Å². The molecule has 0 spiro atoms. The van der Waals surface area contributed by atoms with Gasteiger partial charge in [-0.1, -0.05) is 6.92 Å². The average molecular weight is 333 g/mol. The summed E-state index contributed by atoms with van der Waals surface area (Å²) in [6.45, 7) is 6.52. The van der Waals surface area contributed by atoms with E-state index in [4.69, 9.17) is 4.74 Å². The maximum atomic E-state index is 5.92. The number of hydrogen-bond donors (Lipinski definition) is 0. The van der Waals surface area contributed by atoms with Crippen molar-refractivity contribution >= 4 is 17.2 Å². The topological polar surface area (TPSA) is 54.4 Å². The number of aromatic nitrogens is 3. The minimum Gasteiger partial charge on any atom is -0.374 e. The Hall–Kier alpha value is -1.57. The smallest absolute Gasteiger partial charge is 0.151 e. The van der Waals surface area contributed by atoms with Crippen molar-refractivity contribution in [1.82, 2.24) is 20.1 Å². The summed E-state index contributed by atoms with van der Waals surface area (Å²) in [6, 6.07) is 3.87. The van der Waals surface area contributed by atoms with Gasteiger partial charge < -0.3 is 9.64 Å². The first-order valence-corrected chi connectivity index (χ1v) is 8.88. The van der Waals surface area contributed by atoms with Crippen LogP contribution in [0.5, 0.6) is 0 Å². The summed E-state index contributed by atoms with van der Waals surface area (Å²) in [5.74, 6) is 0.875. The molecule has 1 atom stereocenters. The number of morpholine rings is 1. The number of anilines is 1. The average Bonchev–Trinajstić information content (AvgIpc) is 3.03. The molecule has 3 rings (SSSR count). The summed E-state index contributed by atoms with van der Waals surface area (Å²) in [4.78, 5) is 9.18. The first-order valence-electron chi connectivity index (χ1n) is 8.00. The predicted octanol–water partition coefficient (Wildman–Crippen LogP) is 1.83. The molecule has 124 valence electrons. The lowest BCUT2D eigenvalue weighted by atomic mass is 10.2. The minimum absolute atomic E-state index is 0.181. The van der Waals surface area contributed by atoms with Crippen molar-refractivity contribution in [3.8, 4) is 0 Å². The van der Waals surface area contributed by atoms with Gasteiger partial charge in [0.05, 0.1) is 23.4 Å². The zero-order valence-electron chi connectivity index (χ0n) is 13.7. The zero-order valence-corrected chi connectivity index (χ0v) is 14.5. The SMILES string of the molecule is CCc1nc(CN2CCO[C@@H](CN(C)c3cccnn3)C2)cs1. The molecule has 0 unspecified atom stereocenters. The summed E-state index contributed by atoms with van der Waals surface area (Å²) >= 11 is 1.75.